The van der Waals surface area contributed by atoms with Crippen molar-refractivity contribution in [2.45, 2.75) is 0 Å². The Labute approximate surface area is 67.4 Å². The summed E-state index contributed by atoms with van der Waals surface area (Å²) in [6.07, 6.45) is 0. The summed E-state index contributed by atoms with van der Waals surface area (Å²) in [6.45, 7) is 0. The summed E-state index contributed by atoms with van der Waals surface area (Å²) in [6, 6.07) is 0. The normalized spacial score (nSPS) is 0. The van der Waals surface area contributed by atoms with Gasteiger partial charge in [-0.05, 0) is 0 Å². The first kappa shape index (κ1) is 162. The molecule has 4 radical (unpaired) electrons. The zero-order valence-electron chi connectivity index (χ0n) is 3.00. The minimum atomic E-state index is 0. The zero-order valence-corrected chi connectivity index (χ0v) is 7.42. The Bertz CT molecular complexity index is 7.51. The van der Waals surface area contributed by atoms with Gasteiger partial charge in [-0.15, -0.1) is 0 Å². The topological polar surface area (TPSA) is 126 Å². The average molecular weight is 239 g/mol. The second-order valence-electron chi connectivity index (χ2n) is 0. The third-order valence-corrected chi connectivity index (χ3v) is 0. The first-order valence-electron chi connectivity index (χ1n) is 0. The van der Waals surface area contributed by atoms with Crippen LogP contribution in [0, 0.1) is 0 Å². The summed E-state index contributed by atoms with van der Waals surface area (Å²) in [5.41, 5.74) is 0. The van der Waals surface area contributed by atoms with Crippen LogP contribution in [0.5, 0.6) is 0 Å². The molecular weight excluding hydrogens is 231 g/mol. The van der Waals surface area contributed by atoms with Gasteiger partial charge in [0, 0.05) is 45.6 Å². The van der Waals surface area contributed by atoms with Gasteiger partial charge >= 0.3 is 0 Å². The molecule has 0 aliphatic carbocycles. The molecule has 0 spiro atoms. The van der Waals surface area contributed by atoms with Crippen molar-refractivity contribution in [1.29, 1.82) is 0 Å². The van der Waals surface area contributed by atoms with Crippen molar-refractivity contribution in [2.24, 2.45) is 0 Å². The van der Waals surface area contributed by atoms with Gasteiger partial charge in [0.05, 0.1) is 0 Å². The van der Waals surface area contributed by atoms with E-state index in [-0.39, 0.29) is 67.5 Å². The van der Waals surface area contributed by atoms with E-state index < -0.39 is 0 Å². The Balaban J connectivity index is 0. The second-order valence-corrected chi connectivity index (χ2v) is 0. The van der Waals surface area contributed by atoms with Gasteiger partial charge in [0.2, 0.25) is 0 Å². The van der Waals surface area contributed by atoms with Crippen LogP contribution in [0.15, 0.2) is 0 Å². The molecule has 0 saturated heterocycles. The average Bonchev–Trinajstić information content (AvgIpc) is 0. The van der Waals surface area contributed by atoms with Gasteiger partial charge < -0.3 is 21.9 Å². The Hall–Kier alpha value is 1.35. The van der Waals surface area contributed by atoms with Crippen LogP contribution in [0.25, 0.3) is 0 Å². The van der Waals surface area contributed by atoms with Gasteiger partial charge in [0.25, 0.3) is 0 Å². The molecule has 4 nitrogen and oxygen atoms in total. The Kier molecular flexibility index (Phi) is 2690. The summed E-state index contributed by atoms with van der Waals surface area (Å²) < 4.78 is 0. The van der Waals surface area contributed by atoms with Crippen LogP contribution in [0.1, 0.15) is 0 Å². The van der Waals surface area contributed by atoms with Crippen molar-refractivity contribution >= 4 is 23.9 Å². The van der Waals surface area contributed by atoms with Gasteiger partial charge in [0.15, 0.2) is 0 Å². The molecule has 0 aromatic heterocycles. The monoisotopic (exact) mass is 240 g/mol. The standard InChI is InChI=1S/4H2O.Sn.Ti/h4*1H2;;. The first-order chi connectivity index (χ1) is 0. The van der Waals surface area contributed by atoms with Gasteiger partial charge in [-0.3, -0.25) is 0 Å². The number of hydrogen-bond acceptors (Lipinski definition) is 0. The predicted molar refractivity (Wildman–Crippen MR) is 20.2 cm³/mol. The van der Waals surface area contributed by atoms with Crippen molar-refractivity contribution in [3.8, 4) is 0 Å². The predicted octanol–water partition coefficient (Wildman–Crippen LogP) is -3.68. The van der Waals surface area contributed by atoms with E-state index >= 15 is 0 Å². The molecule has 0 heterocycles. The van der Waals surface area contributed by atoms with Crippen LogP contribution >= 0.6 is 0 Å². The SMILES string of the molecule is O.O.O.O.[Sn].[Ti]. The third-order valence-electron chi connectivity index (χ3n) is 0. The van der Waals surface area contributed by atoms with E-state index in [1.807, 2.05) is 0 Å². The minimum absolute atomic E-state index is 0. The number of rotatable bonds is 0. The molecule has 0 fully saturated rings. The molecule has 0 aromatic carbocycles. The molecule has 0 aliphatic heterocycles. The van der Waals surface area contributed by atoms with Crippen LogP contribution in [0.4, 0.5) is 0 Å². The molecule has 0 unspecified atom stereocenters. The summed E-state index contributed by atoms with van der Waals surface area (Å²) in [7, 11) is 0. The molecule has 40 valence electrons. The van der Waals surface area contributed by atoms with E-state index in [0.717, 1.165) is 0 Å². The summed E-state index contributed by atoms with van der Waals surface area (Å²) >= 11 is 0. The van der Waals surface area contributed by atoms with Gasteiger partial charge in [-0.1, -0.05) is 0 Å². The van der Waals surface area contributed by atoms with E-state index in [2.05, 4.69) is 0 Å². The number of hydrogen-bond donors (Lipinski definition) is 0. The van der Waals surface area contributed by atoms with Crippen LogP contribution in [0.3, 0.4) is 0 Å². The fourth-order valence-electron chi connectivity index (χ4n) is 0. The molecular formula is H8O4SnTi. The second kappa shape index (κ2) is 99.4. The minimum Gasteiger partial charge on any atom is -0.412 e. The molecule has 8 N–H and O–H groups in total. The van der Waals surface area contributed by atoms with Crippen molar-refractivity contribution < 1.29 is 43.6 Å². The summed E-state index contributed by atoms with van der Waals surface area (Å²) in [5, 5.41) is 0. The molecule has 0 saturated carbocycles. The van der Waals surface area contributed by atoms with Crippen molar-refractivity contribution in [3.05, 3.63) is 0 Å². The van der Waals surface area contributed by atoms with Crippen molar-refractivity contribution in [3.63, 3.8) is 0 Å². The Morgan fingerprint density at radius 1 is 0.500 bits per heavy atom. The Morgan fingerprint density at radius 2 is 0.500 bits per heavy atom. The maximum absolute atomic E-state index is 0. The van der Waals surface area contributed by atoms with Crippen LogP contribution in [-0.2, 0) is 21.7 Å². The largest absolute Gasteiger partial charge is 0.412 e. The third kappa shape index (κ3) is 55.4. The maximum atomic E-state index is 0. The molecule has 0 amide bonds. The van der Waals surface area contributed by atoms with Gasteiger partial charge in [-0.25, -0.2) is 0 Å². The first-order valence-corrected chi connectivity index (χ1v) is 0. The maximum Gasteiger partial charge on any atom is 0 e. The van der Waals surface area contributed by atoms with E-state index in [1.165, 1.54) is 0 Å². The molecule has 0 atom stereocenters. The molecule has 0 aromatic rings. The van der Waals surface area contributed by atoms with E-state index in [9.17, 15) is 0 Å². The van der Waals surface area contributed by atoms with Crippen molar-refractivity contribution in [1.82, 2.24) is 0 Å². The van der Waals surface area contributed by atoms with Crippen LogP contribution in [0.2, 0.25) is 0 Å². The summed E-state index contributed by atoms with van der Waals surface area (Å²) in [4.78, 5) is 0. The fraction of sp³-hybridized carbons (Fsp3) is 0. The molecule has 0 rings (SSSR count). The zero-order chi connectivity index (χ0) is 0. The van der Waals surface area contributed by atoms with E-state index in [0.29, 0.717) is 0 Å². The molecule has 0 bridgehead atoms. The van der Waals surface area contributed by atoms with E-state index in [1.54, 1.807) is 0 Å². The van der Waals surface area contributed by atoms with Crippen LogP contribution in [-0.4, -0.2) is 45.8 Å². The molecule has 6 heavy (non-hydrogen) atoms. The van der Waals surface area contributed by atoms with E-state index in [4.69, 9.17) is 0 Å². The van der Waals surface area contributed by atoms with Crippen LogP contribution < -0.4 is 0 Å². The van der Waals surface area contributed by atoms with Crippen molar-refractivity contribution in [2.75, 3.05) is 0 Å². The quantitative estimate of drug-likeness (QED) is 0.386. The fourth-order valence-corrected chi connectivity index (χ4v) is 0. The molecule has 6 heteroatoms. The van der Waals surface area contributed by atoms with Gasteiger partial charge in [-0.2, -0.15) is 0 Å². The Morgan fingerprint density at radius 3 is 0.500 bits per heavy atom. The summed E-state index contributed by atoms with van der Waals surface area (Å²) in [5.74, 6) is 0. The molecule has 0 aliphatic rings. The van der Waals surface area contributed by atoms with Gasteiger partial charge in [0.1, 0.15) is 0 Å². The smallest absolute Gasteiger partial charge is 0 e.